The fourth-order valence-corrected chi connectivity index (χ4v) is 10.7. The molecular formula is C48H42N3O3S2+. The van der Waals surface area contributed by atoms with Gasteiger partial charge in [0.15, 0.2) is 0 Å². The molecule has 1 saturated carbocycles. The predicted molar refractivity (Wildman–Crippen MR) is 230 cm³/mol. The molecule has 0 bridgehead atoms. The molecule has 1 fully saturated rings. The molecule has 0 amide bonds. The van der Waals surface area contributed by atoms with E-state index in [1.54, 1.807) is 11.3 Å². The highest BCUT2D eigenvalue weighted by molar-refractivity contribution is 7.19. The maximum absolute atomic E-state index is 14.0. The number of thiazole rings is 2. The summed E-state index contributed by atoms with van der Waals surface area (Å²) in [5.74, 6) is 0.454. The zero-order chi connectivity index (χ0) is 38.0. The Labute approximate surface area is 334 Å². The molecule has 0 N–H and O–H groups in total. The number of anilines is 2. The van der Waals surface area contributed by atoms with Crippen LogP contribution in [0, 0.1) is 0 Å². The first-order valence-electron chi connectivity index (χ1n) is 19.3. The van der Waals surface area contributed by atoms with Gasteiger partial charge in [-0.1, -0.05) is 109 Å². The fraction of sp³-hybridized carbons (Fsp3) is 0.188. The van der Waals surface area contributed by atoms with Crippen LogP contribution in [-0.4, -0.2) is 23.7 Å². The van der Waals surface area contributed by atoms with E-state index >= 15 is 0 Å². The summed E-state index contributed by atoms with van der Waals surface area (Å²) in [6, 6.07) is 45.7. The van der Waals surface area contributed by atoms with Crippen molar-refractivity contribution in [3.8, 4) is 0 Å². The molecule has 0 spiro atoms. The van der Waals surface area contributed by atoms with Gasteiger partial charge >= 0.3 is 0 Å². The summed E-state index contributed by atoms with van der Waals surface area (Å²) in [6.07, 6.45) is 10.5. The number of para-hydroxylation sites is 1. The van der Waals surface area contributed by atoms with Crippen LogP contribution in [0.4, 0.5) is 11.4 Å². The highest BCUT2D eigenvalue weighted by Gasteiger charge is 2.42. The molecule has 8 heteroatoms. The molecule has 0 saturated heterocycles. The van der Waals surface area contributed by atoms with Gasteiger partial charge in [0, 0.05) is 35.9 Å². The number of benzene rings is 5. The summed E-state index contributed by atoms with van der Waals surface area (Å²) < 4.78 is 11.8. The number of carbonyl (C=O) groups is 1. The van der Waals surface area contributed by atoms with Crippen molar-refractivity contribution >= 4 is 74.5 Å². The average Bonchev–Trinajstić information content (AvgIpc) is 3.99. The maximum Gasteiger partial charge on any atom is 0.293 e. The number of aromatic nitrogens is 2. The van der Waals surface area contributed by atoms with E-state index in [4.69, 9.17) is 4.74 Å². The van der Waals surface area contributed by atoms with Crippen LogP contribution in [0.5, 0.6) is 0 Å². The van der Waals surface area contributed by atoms with Crippen LogP contribution in [0.25, 0.3) is 34.0 Å². The molecule has 5 aromatic carbocycles. The van der Waals surface area contributed by atoms with Gasteiger partial charge in [-0.2, -0.15) is 4.57 Å². The van der Waals surface area contributed by atoms with Crippen LogP contribution in [0.3, 0.4) is 0 Å². The number of carbonyl (C=O) groups excluding carboxylic acids is 1. The van der Waals surface area contributed by atoms with Crippen LogP contribution >= 0.6 is 22.7 Å². The SMILES string of the molecule is C[n+]1c(/C=c2/s/c(=C/c3ccc4c(c3)C3CCCC3N4c3ccc(C=C(c4ccccc4)c4ccccc4)cc3)c(=O)n2CCCOC=O)sc2ccccc21. The van der Waals surface area contributed by atoms with Crippen LogP contribution in [0.2, 0.25) is 0 Å². The first-order chi connectivity index (χ1) is 27.6. The smallest absolute Gasteiger partial charge is 0.293 e. The lowest BCUT2D eigenvalue weighted by atomic mass is 9.95. The zero-order valence-corrected chi connectivity index (χ0v) is 32.8. The van der Waals surface area contributed by atoms with Crippen LogP contribution < -0.4 is 24.2 Å². The standard InChI is InChI=1S/C48H42N3O3S2/c1-49-43-17-8-9-19-44(43)55-46(49)31-47-50(26-11-27-54-32-52)48(53)45(56-47)30-34-22-25-42-40(29-34)38-16-10-18-41(38)51(42)37-23-20-33(21-24-37)28-39(35-12-4-2-5-13-35)36-14-6-3-7-15-36/h2-9,12-15,17,19-25,28-32,38,41H,10-11,16,18,26-27H2,1H3/q+1/b45-30+. The van der Waals surface area contributed by atoms with Gasteiger partial charge in [-0.05, 0) is 95.1 Å². The lowest BCUT2D eigenvalue weighted by Gasteiger charge is -2.27. The van der Waals surface area contributed by atoms with E-state index < -0.39 is 0 Å². The van der Waals surface area contributed by atoms with Gasteiger partial charge in [0.1, 0.15) is 16.4 Å². The first kappa shape index (κ1) is 35.8. The molecule has 56 heavy (non-hydrogen) atoms. The molecule has 1 aliphatic carbocycles. The van der Waals surface area contributed by atoms with Gasteiger partial charge in [-0.15, -0.1) is 11.3 Å². The summed E-state index contributed by atoms with van der Waals surface area (Å²) in [4.78, 5) is 27.4. The van der Waals surface area contributed by atoms with Crippen LogP contribution in [0.15, 0.2) is 132 Å². The molecular weight excluding hydrogens is 731 g/mol. The second-order valence-corrected chi connectivity index (χ2v) is 16.6. The minimum absolute atomic E-state index is 0.0196. The second kappa shape index (κ2) is 15.7. The number of hydrogen-bond donors (Lipinski definition) is 0. The number of aryl methyl sites for hydroxylation is 1. The number of ether oxygens (including phenoxy) is 1. The monoisotopic (exact) mass is 772 g/mol. The van der Waals surface area contributed by atoms with Crippen molar-refractivity contribution in [3.05, 3.63) is 180 Å². The zero-order valence-electron chi connectivity index (χ0n) is 31.2. The Balaban J connectivity index is 1.05. The Morgan fingerprint density at radius 1 is 0.821 bits per heavy atom. The highest BCUT2D eigenvalue weighted by atomic mass is 32.1. The second-order valence-electron chi connectivity index (χ2n) is 14.5. The predicted octanol–water partition coefficient (Wildman–Crippen LogP) is 8.55. The quantitative estimate of drug-likeness (QED) is 0.0573. The van der Waals surface area contributed by atoms with Gasteiger partial charge in [-0.3, -0.25) is 14.2 Å². The van der Waals surface area contributed by atoms with Crippen molar-refractivity contribution in [1.82, 2.24) is 4.57 Å². The van der Waals surface area contributed by atoms with E-state index in [1.165, 1.54) is 61.7 Å². The molecule has 9 rings (SSSR count). The molecule has 278 valence electrons. The molecule has 2 unspecified atom stereocenters. The minimum Gasteiger partial charge on any atom is -0.468 e. The van der Waals surface area contributed by atoms with Crippen molar-refractivity contribution in [2.45, 2.75) is 44.2 Å². The molecule has 3 heterocycles. The molecule has 0 radical (unpaired) electrons. The van der Waals surface area contributed by atoms with Crippen molar-refractivity contribution in [1.29, 1.82) is 0 Å². The molecule has 7 aromatic rings. The Kier molecular flexibility index (Phi) is 10.1. The summed E-state index contributed by atoms with van der Waals surface area (Å²) in [6.45, 7) is 1.20. The van der Waals surface area contributed by atoms with Crippen LogP contribution in [-0.2, 0) is 23.1 Å². The van der Waals surface area contributed by atoms with Crippen molar-refractivity contribution < 1.29 is 14.1 Å². The minimum atomic E-state index is -0.0196. The summed E-state index contributed by atoms with van der Waals surface area (Å²) in [5, 5.41) is 1.07. The van der Waals surface area contributed by atoms with E-state index in [-0.39, 0.29) is 12.2 Å². The summed E-state index contributed by atoms with van der Waals surface area (Å²) in [7, 11) is 2.06. The summed E-state index contributed by atoms with van der Waals surface area (Å²) in [5.41, 5.74) is 10.8. The molecule has 2 atom stereocenters. The number of rotatable bonds is 11. The van der Waals surface area contributed by atoms with Crippen LogP contribution in [0.1, 0.15) is 64.4 Å². The van der Waals surface area contributed by atoms with E-state index in [2.05, 4.69) is 156 Å². The van der Waals surface area contributed by atoms with E-state index in [1.807, 2.05) is 10.6 Å². The van der Waals surface area contributed by atoms with Gasteiger partial charge in [0.2, 0.25) is 5.52 Å². The molecule has 1 aliphatic heterocycles. The van der Waals surface area contributed by atoms with Gasteiger partial charge < -0.3 is 9.64 Å². The van der Waals surface area contributed by atoms with Gasteiger partial charge in [0.05, 0.1) is 17.2 Å². The number of fused-ring (bicyclic) bond motifs is 4. The average molecular weight is 773 g/mol. The van der Waals surface area contributed by atoms with E-state index in [9.17, 15) is 9.59 Å². The van der Waals surface area contributed by atoms with Crippen molar-refractivity contribution in [3.63, 3.8) is 0 Å². The Morgan fingerprint density at radius 3 is 2.27 bits per heavy atom. The lowest BCUT2D eigenvalue weighted by molar-refractivity contribution is -0.642. The van der Waals surface area contributed by atoms with Crippen molar-refractivity contribution in [2.75, 3.05) is 11.5 Å². The van der Waals surface area contributed by atoms with Gasteiger partial charge in [-0.25, -0.2) is 0 Å². The number of hydrogen-bond acceptors (Lipinski definition) is 6. The third kappa shape index (κ3) is 6.95. The molecule has 2 aromatic heterocycles. The highest BCUT2D eigenvalue weighted by Crippen LogP contribution is 2.52. The Bertz CT molecular complexity index is 2710. The molecule has 6 nitrogen and oxygen atoms in total. The molecule has 2 aliphatic rings. The van der Waals surface area contributed by atoms with Crippen molar-refractivity contribution in [2.24, 2.45) is 7.05 Å². The third-order valence-electron chi connectivity index (χ3n) is 11.1. The lowest BCUT2D eigenvalue weighted by Crippen LogP contribution is -2.33. The van der Waals surface area contributed by atoms with Gasteiger partial charge in [0.25, 0.3) is 17.0 Å². The topological polar surface area (TPSA) is 55.4 Å². The first-order valence-corrected chi connectivity index (χ1v) is 20.9. The summed E-state index contributed by atoms with van der Waals surface area (Å²) >= 11 is 3.23. The Hall–Kier alpha value is -5.83. The fourth-order valence-electron chi connectivity index (χ4n) is 8.48. The van der Waals surface area contributed by atoms with E-state index in [0.29, 0.717) is 35.9 Å². The number of nitrogens with zero attached hydrogens (tertiary/aromatic N) is 3. The maximum atomic E-state index is 14.0. The van der Waals surface area contributed by atoms with E-state index in [0.717, 1.165) is 33.6 Å². The normalized spacial score (nSPS) is 16.6. The Morgan fingerprint density at radius 2 is 1.54 bits per heavy atom. The largest absolute Gasteiger partial charge is 0.468 e. The third-order valence-corrected chi connectivity index (χ3v) is 13.4.